The first-order valence-corrected chi connectivity index (χ1v) is 5.52. The quantitative estimate of drug-likeness (QED) is 0.794. The molecule has 2 heterocycles. The lowest BCUT2D eigenvalue weighted by molar-refractivity contribution is 0.617. The van der Waals surface area contributed by atoms with E-state index in [2.05, 4.69) is 27.5 Å². The van der Waals surface area contributed by atoms with Crippen molar-refractivity contribution in [2.45, 2.75) is 19.9 Å². The Labute approximate surface area is 98.7 Å². The standard InChI is InChI=1S/C11H14FN5/c1-2-3-13-6-10-8-17(16-15-10)11-4-9(12)5-14-7-11/h4-5,7-8,13H,2-3,6H2,1H3. The molecular formula is C11H14FN5. The molecule has 2 aromatic rings. The summed E-state index contributed by atoms with van der Waals surface area (Å²) in [6.07, 6.45) is 5.53. The van der Waals surface area contributed by atoms with Gasteiger partial charge in [-0.15, -0.1) is 5.10 Å². The second kappa shape index (κ2) is 5.49. The van der Waals surface area contributed by atoms with E-state index in [4.69, 9.17) is 0 Å². The number of hydrogen-bond acceptors (Lipinski definition) is 4. The third kappa shape index (κ3) is 3.07. The second-order valence-corrected chi connectivity index (χ2v) is 3.69. The van der Waals surface area contributed by atoms with Gasteiger partial charge < -0.3 is 5.32 Å². The molecule has 0 saturated carbocycles. The van der Waals surface area contributed by atoms with Crippen molar-refractivity contribution >= 4 is 0 Å². The number of pyridine rings is 1. The summed E-state index contributed by atoms with van der Waals surface area (Å²) in [5.74, 6) is -0.386. The zero-order chi connectivity index (χ0) is 12.1. The lowest BCUT2D eigenvalue weighted by Gasteiger charge is -1.99. The molecule has 0 aliphatic carbocycles. The Hall–Kier alpha value is -1.82. The predicted molar refractivity (Wildman–Crippen MR) is 61.1 cm³/mol. The fourth-order valence-electron chi connectivity index (χ4n) is 1.42. The van der Waals surface area contributed by atoms with Crippen LogP contribution in [0.2, 0.25) is 0 Å². The maximum absolute atomic E-state index is 13.0. The topological polar surface area (TPSA) is 55.6 Å². The third-order valence-corrected chi connectivity index (χ3v) is 2.23. The third-order valence-electron chi connectivity index (χ3n) is 2.23. The molecule has 0 saturated heterocycles. The number of aromatic nitrogens is 4. The maximum atomic E-state index is 13.0. The lowest BCUT2D eigenvalue weighted by atomic mass is 10.4. The first kappa shape index (κ1) is 11.7. The molecule has 17 heavy (non-hydrogen) atoms. The van der Waals surface area contributed by atoms with Crippen molar-refractivity contribution in [2.75, 3.05) is 6.54 Å². The fraction of sp³-hybridized carbons (Fsp3) is 0.364. The molecule has 0 bridgehead atoms. The van der Waals surface area contributed by atoms with E-state index >= 15 is 0 Å². The van der Waals surface area contributed by atoms with Gasteiger partial charge in [-0.05, 0) is 13.0 Å². The highest BCUT2D eigenvalue weighted by molar-refractivity contribution is 5.26. The van der Waals surface area contributed by atoms with Crippen molar-refractivity contribution in [1.29, 1.82) is 0 Å². The van der Waals surface area contributed by atoms with E-state index in [-0.39, 0.29) is 5.82 Å². The van der Waals surface area contributed by atoms with Crippen molar-refractivity contribution < 1.29 is 4.39 Å². The molecule has 0 atom stereocenters. The molecule has 0 fully saturated rings. The summed E-state index contributed by atoms with van der Waals surface area (Å²) >= 11 is 0. The van der Waals surface area contributed by atoms with E-state index in [9.17, 15) is 4.39 Å². The van der Waals surface area contributed by atoms with Gasteiger partial charge in [-0.25, -0.2) is 9.07 Å². The van der Waals surface area contributed by atoms with Crippen molar-refractivity contribution in [3.63, 3.8) is 0 Å². The van der Waals surface area contributed by atoms with Crippen LogP contribution in [0.4, 0.5) is 4.39 Å². The summed E-state index contributed by atoms with van der Waals surface area (Å²) in [4.78, 5) is 3.77. The van der Waals surface area contributed by atoms with E-state index in [1.165, 1.54) is 10.7 Å². The monoisotopic (exact) mass is 235 g/mol. The van der Waals surface area contributed by atoms with Gasteiger partial charge in [0.25, 0.3) is 0 Å². The van der Waals surface area contributed by atoms with Gasteiger partial charge >= 0.3 is 0 Å². The van der Waals surface area contributed by atoms with E-state index in [1.807, 2.05) is 0 Å². The van der Waals surface area contributed by atoms with Crippen LogP contribution in [0.3, 0.4) is 0 Å². The van der Waals surface area contributed by atoms with Crippen LogP contribution < -0.4 is 5.32 Å². The molecule has 0 aliphatic heterocycles. The summed E-state index contributed by atoms with van der Waals surface area (Å²) in [5.41, 5.74) is 1.39. The Bertz CT molecular complexity index is 482. The summed E-state index contributed by atoms with van der Waals surface area (Å²) < 4.78 is 14.5. The molecule has 0 spiro atoms. The zero-order valence-electron chi connectivity index (χ0n) is 9.60. The first-order chi connectivity index (χ1) is 8.29. The van der Waals surface area contributed by atoms with Crippen LogP contribution in [0, 0.1) is 5.82 Å². The van der Waals surface area contributed by atoms with Crippen LogP contribution in [0.1, 0.15) is 19.0 Å². The summed E-state index contributed by atoms with van der Waals surface area (Å²) in [7, 11) is 0. The highest BCUT2D eigenvalue weighted by atomic mass is 19.1. The highest BCUT2D eigenvalue weighted by Gasteiger charge is 2.03. The van der Waals surface area contributed by atoms with Gasteiger partial charge in [-0.1, -0.05) is 12.1 Å². The molecular weight excluding hydrogens is 221 g/mol. The van der Waals surface area contributed by atoms with Crippen molar-refractivity contribution in [2.24, 2.45) is 0 Å². The van der Waals surface area contributed by atoms with Crippen molar-refractivity contribution in [3.8, 4) is 5.69 Å². The van der Waals surface area contributed by atoms with Gasteiger partial charge in [-0.2, -0.15) is 0 Å². The molecule has 90 valence electrons. The van der Waals surface area contributed by atoms with Crippen LogP contribution in [-0.2, 0) is 6.54 Å². The summed E-state index contributed by atoms with van der Waals surface area (Å²) in [6, 6.07) is 1.37. The molecule has 2 rings (SSSR count). The number of rotatable bonds is 5. The van der Waals surface area contributed by atoms with Crippen molar-refractivity contribution in [3.05, 3.63) is 36.2 Å². The van der Waals surface area contributed by atoms with Crippen LogP contribution in [0.15, 0.2) is 24.7 Å². The van der Waals surface area contributed by atoms with E-state index < -0.39 is 0 Å². The van der Waals surface area contributed by atoms with Crippen LogP contribution in [0.25, 0.3) is 5.69 Å². The van der Waals surface area contributed by atoms with E-state index in [1.54, 1.807) is 12.4 Å². The largest absolute Gasteiger partial charge is 0.311 e. The average Bonchev–Trinajstić information content (AvgIpc) is 2.78. The first-order valence-electron chi connectivity index (χ1n) is 5.52. The molecule has 2 aromatic heterocycles. The minimum absolute atomic E-state index is 0.386. The van der Waals surface area contributed by atoms with Gasteiger partial charge in [0.15, 0.2) is 0 Å². The molecule has 0 aliphatic rings. The Morgan fingerprint density at radius 2 is 2.29 bits per heavy atom. The smallest absolute Gasteiger partial charge is 0.143 e. The molecule has 1 N–H and O–H groups in total. The second-order valence-electron chi connectivity index (χ2n) is 3.69. The molecule has 0 amide bonds. The predicted octanol–water partition coefficient (Wildman–Crippen LogP) is 1.30. The summed E-state index contributed by atoms with van der Waals surface area (Å²) in [5, 5.41) is 11.1. The van der Waals surface area contributed by atoms with E-state index in [0.29, 0.717) is 12.2 Å². The molecule has 6 heteroatoms. The Morgan fingerprint density at radius 1 is 1.41 bits per heavy atom. The Kier molecular flexibility index (Phi) is 3.77. The maximum Gasteiger partial charge on any atom is 0.143 e. The van der Waals surface area contributed by atoms with E-state index in [0.717, 1.165) is 24.9 Å². The van der Waals surface area contributed by atoms with Gasteiger partial charge in [0.05, 0.1) is 30.0 Å². The zero-order valence-corrected chi connectivity index (χ0v) is 9.60. The van der Waals surface area contributed by atoms with Crippen LogP contribution in [-0.4, -0.2) is 26.5 Å². The van der Waals surface area contributed by atoms with Gasteiger partial charge in [-0.3, -0.25) is 4.98 Å². The Balaban J connectivity index is 2.07. The Morgan fingerprint density at radius 3 is 3.06 bits per heavy atom. The minimum atomic E-state index is -0.386. The lowest BCUT2D eigenvalue weighted by Crippen LogP contribution is -2.13. The number of nitrogens with one attached hydrogen (secondary N) is 1. The minimum Gasteiger partial charge on any atom is -0.311 e. The van der Waals surface area contributed by atoms with Gasteiger partial charge in [0, 0.05) is 12.6 Å². The number of halogens is 1. The highest BCUT2D eigenvalue weighted by Crippen LogP contribution is 2.06. The molecule has 5 nitrogen and oxygen atoms in total. The normalized spacial score (nSPS) is 10.7. The molecule has 0 unspecified atom stereocenters. The van der Waals surface area contributed by atoms with Crippen molar-refractivity contribution in [1.82, 2.24) is 25.3 Å². The molecule has 0 radical (unpaired) electrons. The number of nitrogens with zero attached hydrogens (tertiary/aromatic N) is 4. The molecule has 0 aromatic carbocycles. The van der Waals surface area contributed by atoms with Gasteiger partial charge in [0.2, 0.25) is 0 Å². The summed E-state index contributed by atoms with van der Waals surface area (Å²) in [6.45, 7) is 3.70. The number of hydrogen-bond donors (Lipinski definition) is 1. The average molecular weight is 235 g/mol. The van der Waals surface area contributed by atoms with Crippen LogP contribution >= 0.6 is 0 Å². The SMILES string of the molecule is CCCNCc1cn(-c2cncc(F)c2)nn1. The van der Waals surface area contributed by atoms with Crippen LogP contribution in [0.5, 0.6) is 0 Å². The fourth-order valence-corrected chi connectivity index (χ4v) is 1.42. The van der Waals surface area contributed by atoms with Gasteiger partial charge in [0.1, 0.15) is 5.82 Å².